The van der Waals surface area contributed by atoms with Gasteiger partial charge in [0.2, 0.25) is 0 Å². The molecule has 0 spiro atoms. The summed E-state index contributed by atoms with van der Waals surface area (Å²) in [4.78, 5) is 14.5. The van der Waals surface area contributed by atoms with Crippen LogP contribution in [0, 0.1) is 5.92 Å². The molecule has 1 heterocycles. The lowest BCUT2D eigenvalue weighted by molar-refractivity contribution is 0.0946. The molecule has 1 amide bonds. The topological polar surface area (TPSA) is 84.4 Å². The summed E-state index contributed by atoms with van der Waals surface area (Å²) in [5.74, 6) is 0.308. The number of nitrogens with one attached hydrogen (secondary N) is 1. The van der Waals surface area contributed by atoms with E-state index < -0.39 is 0 Å². The third-order valence-electron chi connectivity index (χ3n) is 3.70. The quantitative estimate of drug-likeness (QED) is 0.708. The Morgan fingerprint density at radius 2 is 2.05 bits per heavy atom. The molecule has 20 heavy (non-hydrogen) atoms. The van der Waals surface area contributed by atoms with Crippen LogP contribution in [-0.2, 0) is 0 Å². The van der Waals surface area contributed by atoms with E-state index in [4.69, 9.17) is 11.5 Å². The zero-order chi connectivity index (χ0) is 14.5. The average Bonchev–Trinajstić information content (AvgIpc) is 2.89. The maximum atomic E-state index is 12.1. The van der Waals surface area contributed by atoms with Gasteiger partial charge in [0.1, 0.15) is 0 Å². The van der Waals surface area contributed by atoms with Gasteiger partial charge >= 0.3 is 0 Å². The number of nitrogen functional groups attached to an aromatic ring is 2. The SMILES string of the molecule is CC(CNC(=O)c1ccc(N)cc1N)CN1CCCC1. The summed E-state index contributed by atoms with van der Waals surface area (Å²) in [6, 6.07) is 4.98. The lowest BCUT2D eigenvalue weighted by Gasteiger charge is -2.20. The fourth-order valence-corrected chi connectivity index (χ4v) is 2.62. The monoisotopic (exact) mass is 276 g/mol. The molecule has 1 aromatic rings. The van der Waals surface area contributed by atoms with Gasteiger partial charge in [-0.3, -0.25) is 4.79 Å². The Labute approximate surface area is 120 Å². The highest BCUT2D eigenvalue weighted by Crippen LogP contribution is 2.15. The van der Waals surface area contributed by atoms with Gasteiger partial charge in [0.25, 0.3) is 5.91 Å². The van der Waals surface area contributed by atoms with Crippen LogP contribution in [-0.4, -0.2) is 37.0 Å². The van der Waals surface area contributed by atoms with Crippen LogP contribution in [0.5, 0.6) is 0 Å². The van der Waals surface area contributed by atoms with Gasteiger partial charge in [-0.05, 0) is 50.0 Å². The first-order valence-electron chi connectivity index (χ1n) is 7.22. The van der Waals surface area contributed by atoms with Crippen LogP contribution >= 0.6 is 0 Å². The summed E-state index contributed by atoms with van der Waals surface area (Å²) < 4.78 is 0. The number of anilines is 2. The predicted molar refractivity (Wildman–Crippen MR) is 82.4 cm³/mol. The molecule has 0 bridgehead atoms. The van der Waals surface area contributed by atoms with Crippen LogP contribution in [0.1, 0.15) is 30.1 Å². The van der Waals surface area contributed by atoms with E-state index in [1.807, 2.05) is 0 Å². The van der Waals surface area contributed by atoms with Gasteiger partial charge in [-0.25, -0.2) is 0 Å². The molecule has 110 valence electrons. The first-order valence-corrected chi connectivity index (χ1v) is 7.22. The van der Waals surface area contributed by atoms with Crippen molar-refractivity contribution in [3.05, 3.63) is 23.8 Å². The minimum absolute atomic E-state index is 0.129. The van der Waals surface area contributed by atoms with E-state index in [9.17, 15) is 4.79 Å². The van der Waals surface area contributed by atoms with Crippen LogP contribution in [0.2, 0.25) is 0 Å². The van der Waals surface area contributed by atoms with Crippen LogP contribution in [0.25, 0.3) is 0 Å². The van der Waals surface area contributed by atoms with E-state index >= 15 is 0 Å². The summed E-state index contributed by atoms with van der Waals surface area (Å²) in [6.07, 6.45) is 2.59. The molecule has 5 N–H and O–H groups in total. The third kappa shape index (κ3) is 3.87. The van der Waals surface area contributed by atoms with Crippen molar-refractivity contribution in [3.8, 4) is 0 Å². The van der Waals surface area contributed by atoms with Crippen molar-refractivity contribution in [1.82, 2.24) is 10.2 Å². The van der Waals surface area contributed by atoms with Gasteiger partial charge < -0.3 is 21.7 Å². The van der Waals surface area contributed by atoms with Gasteiger partial charge in [-0.2, -0.15) is 0 Å². The first-order chi connectivity index (χ1) is 9.56. The summed E-state index contributed by atoms with van der Waals surface area (Å²) in [5, 5.41) is 2.95. The summed E-state index contributed by atoms with van der Waals surface area (Å²) >= 11 is 0. The molecule has 1 aromatic carbocycles. The Bertz CT molecular complexity index is 469. The Balaban J connectivity index is 1.81. The fourth-order valence-electron chi connectivity index (χ4n) is 2.62. The number of amides is 1. The Morgan fingerprint density at radius 3 is 2.70 bits per heavy atom. The van der Waals surface area contributed by atoms with Crippen molar-refractivity contribution in [2.24, 2.45) is 5.92 Å². The van der Waals surface area contributed by atoms with E-state index in [1.54, 1.807) is 18.2 Å². The lowest BCUT2D eigenvalue weighted by atomic mass is 10.1. The Kier molecular flexibility index (Phi) is 4.84. The zero-order valence-corrected chi connectivity index (χ0v) is 12.1. The number of rotatable bonds is 5. The number of nitrogens with two attached hydrogens (primary N) is 2. The molecular formula is C15H24N4O. The molecule has 1 unspecified atom stereocenters. The van der Waals surface area contributed by atoms with Gasteiger partial charge in [-0.1, -0.05) is 6.92 Å². The van der Waals surface area contributed by atoms with Gasteiger partial charge in [0.15, 0.2) is 0 Å². The molecule has 5 nitrogen and oxygen atoms in total. The third-order valence-corrected chi connectivity index (χ3v) is 3.70. The number of likely N-dealkylation sites (tertiary alicyclic amines) is 1. The maximum Gasteiger partial charge on any atom is 0.253 e. The van der Waals surface area contributed by atoms with Crippen molar-refractivity contribution >= 4 is 17.3 Å². The maximum absolute atomic E-state index is 12.1. The molecule has 5 heteroatoms. The van der Waals surface area contributed by atoms with E-state index in [0.717, 1.165) is 6.54 Å². The van der Waals surface area contributed by atoms with Crippen LogP contribution in [0.4, 0.5) is 11.4 Å². The number of carbonyl (C=O) groups is 1. The standard InChI is InChI=1S/C15H24N4O/c1-11(10-19-6-2-3-7-19)9-18-15(20)13-5-4-12(16)8-14(13)17/h4-5,8,11H,2-3,6-7,9-10,16-17H2,1H3,(H,18,20). The van der Waals surface area contributed by atoms with Crippen molar-refractivity contribution < 1.29 is 4.79 Å². The van der Waals surface area contributed by atoms with Crippen molar-refractivity contribution in [3.63, 3.8) is 0 Å². The highest BCUT2D eigenvalue weighted by Gasteiger charge is 2.16. The highest BCUT2D eigenvalue weighted by molar-refractivity contribution is 5.99. The number of nitrogens with zero attached hydrogens (tertiary/aromatic N) is 1. The molecule has 0 aliphatic carbocycles. The number of hydrogen-bond acceptors (Lipinski definition) is 4. The molecule has 1 aliphatic rings. The lowest BCUT2D eigenvalue weighted by Crippen LogP contribution is -2.34. The van der Waals surface area contributed by atoms with Crippen molar-refractivity contribution in [2.75, 3.05) is 37.6 Å². The minimum Gasteiger partial charge on any atom is -0.399 e. The Hall–Kier alpha value is -1.75. The molecular weight excluding hydrogens is 252 g/mol. The second-order valence-electron chi connectivity index (χ2n) is 5.67. The number of benzene rings is 1. The van der Waals surface area contributed by atoms with E-state index in [-0.39, 0.29) is 5.91 Å². The molecule has 1 saturated heterocycles. The predicted octanol–water partition coefficient (Wildman–Crippen LogP) is 1.31. The van der Waals surface area contributed by atoms with Gasteiger partial charge in [0, 0.05) is 24.5 Å². The molecule has 1 fully saturated rings. The zero-order valence-electron chi connectivity index (χ0n) is 12.1. The molecule has 1 aliphatic heterocycles. The van der Waals surface area contributed by atoms with Crippen LogP contribution < -0.4 is 16.8 Å². The van der Waals surface area contributed by atoms with Crippen LogP contribution in [0.15, 0.2) is 18.2 Å². The highest BCUT2D eigenvalue weighted by atomic mass is 16.1. The molecule has 0 aromatic heterocycles. The molecule has 0 radical (unpaired) electrons. The molecule has 2 rings (SSSR count). The fraction of sp³-hybridized carbons (Fsp3) is 0.533. The second kappa shape index (κ2) is 6.61. The molecule has 1 atom stereocenters. The van der Waals surface area contributed by atoms with Crippen molar-refractivity contribution in [1.29, 1.82) is 0 Å². The van der Waals surface area contributed by atoms with Crippen LogP contribution in [0.3, 0.4) is 0 Å². The first kappa shape index (κ1) is 14.7. The second-order valence-corrected chi connectivity index (χ2v) is 5.67. The number of carbonyl (C=O) groups excluding carboxylic acids is 1. The average molecular weight is 276 g/mol. The van der Waals surface area contributed by atoms with E-state index in [1.165, 1.54) is 25.9 Å². The summed E-state index contributed by atoms with van der Waals surface area (Å²) in [7, 11) is 0. The minimum atomic E-state index is -0.129. The number of hydrogen-bond donors (Lipinski definition) is 3. The smallest absolute Gasteiger partial charge is 0.253 e. The van der Waals surface area contributed by atoms with Gasteiger partial charge in [0.05, 0.1) is 5.56 Å². The summed E-state index contributed by atoms with van der Waals surface area (Å²) in [5.41, 5.74) is 12.9. The van der Waals surface area contributed by atoms with Crippen molar-refractivity contribution in [2.45, 2.75) is 19.8 Å². The van der Waals surface area contributed by atoms with Gasteiger partial charge in [-0.15, -0.1) is 0 Å². The largest absolute Gasteiger partial charge is 0.399 e. The Morgan fingerprint density at radius 1 is 1.35 bits per heavy atom. The van der Waals surface area contributed by atoms with E-state index in [2.05, 4.69) is 17.1 Å². The summed E-state index contributed by atoms with van der Waals surface area (Å²) in [6.45, 7) is 6.23. The molecule has 0 saturated carbocycles. The normalized spacial score (nSPS) is 17.1. The van der Waals surface area contributed by atoms with E-state index in [0.29, 0.717) is 29.4 Å².